The van der Waals surface area contributed by atoms with E-state index in [0.717, 1.165) is 44.2 Å². The molecule has 1 aromatic rings. The molecule has 5 heteroatoms. The number of oxime groups is 1. The highest BCUT2D eigenvalue weighted by molar-refractivity contribution is 5.83. The van der Waals surface area contributed by atoms with Gasteiger partial charge < -0.3 is 14.7 Å². The van der Waals surface area contributed by atoms with Gasteiger partial charge in [0, 0.05) is 26.1 Å². The number of hydrogen-bond donors (Lipinski definition) is 1. The topological polar surface area (TPSA) is 54.3 Å². The highest BCUT2D eigenvalue weighted by Crippen LogP contribution is 2.13. The number of benzene rings is 1. The molecule has 2 rings (SSSR count). The molecule has 1 saturated heterocycles. The average molecular weight is 278 g/mol. The maximum Gasteiger partial charge on any atom is 0.119 e. The number of ether oxygens (including phenoxy) is 2. The number of hydrogen-bond acceptors (Lipinski definition) is 5. The van der Waals surface area contributed by atoms with Gasteiger partial charge in [-0.3, -0.25) is 4.90 Å². The fraction of sp³-hybridized carbons (Fsp3) is 0.533. The highest BCUT2D eigenvalue weighted by atomic mass is 16.5. The van der Waals surface area contributed by atoms with Gasteiger partial charge in [0.25, 0.3) is 0 Å². The lowest BCUT2D eigenvalue weighted by Crippen LogP contribution is -2.38. The Kier molecular flexibility index (Phi) is 5.83. The molecule has 1 aromatic carbocycles. The Bertz CT molecular complexity index is 425. The van der Waals surface area contributed by atoms with Gasteiger partial charge in [-0.15, -0.1) is 0 Å². The molecule has 1 aliphatic rings. The van der Waals surface area contributed by atoms with E-state index < -0.39 is 0 Å². The summed E-state index contributed by atoms with van der Waals surface area (Å²) in [5.41, 5.74) is 1.81. The van der Waals surface area contributed by atoms with E-state index in [9.17, 15) is 0 Å². The summed E-state index contributed by atoms with van der Waals surface area (Å²) in [4.78, 5) is 2.35. The summed E-state index contributed by atoms with van der Waals surface area (Å²) in [5, 5.41) is 11.8. The second-order valence-corrected chi connectivity index (χ2v) is 4.96. The third-order valence-electron chi connectivity index (χ3n) is 3.33. The predicted octanol–water partition coefficient (Wildman–Crippen LogP) is 1.79. The van der Waals surface area contributed by atoms with E-state index in [1.54, 1.807) is 6.92 Å². The first-order valence-electron chi connectivity index (χ1n) is 6.97. The lowest BCUT2D eigenvalue weighted by atomic mass is 10.1. The monoisotopic (exact) mass is 278 g/mol. The molecule has 0 aromatic heterocycles. The Balaban J connectivity index is 1.73. The molecule has 0 saturated carbocycles. The van der Waals surface area contributed by atoms with Gasteiger partial charge >= 0.3 is 0 Å². The third kappa shape index (κ3) is 4.83. The fourth-order valence-corrected chi connectivity index (χ4v) is 2.15. The van der Waals surface area contributed by atoms with E-state index in [1.807, 2.05) is 24.3 Å². The van der Waals surface area contributed by atoms with Crippen LogP contribution in [-0.4, -0.2) is 55.3 Å². The molecule has 110 valence electrons. The fourth-order valence-electron chi connectivity index (χ4n) is 2.15. The molecular formula is C15H22N2O3. The molecule has 0 amide bonds. The van der Waals surface area contributed by atoms with Gasteiger partial charge in [-0.1, -0.05) is 17.3 Å². The van der Waals surface area contributed by atoms with E-state index >= 15 is 0 Å². The van der Waals surface area contributed by atoms with Gasteiger partial charge in [0.1, 0.15) is 12.4 Å². The third-order valence-corrected chi connectivity index (χ3v) is 3.33. The molecule has 0 radical (unpaired) electrons. The molecule has 20 heavy (non-hydrogen) atoms. The SMILES string of the molecule is C/C(Cc1ccc(OCCN2CCOCC2)cc1)=N/O. The molecule has 5 nitrogen and oxygen atoms in total. The molecule has 0 aliphatic carbocycles. The summed E-state index contributed by atoms with van der Waals surface area (Å²) in [5.74, 6) is 0.876. The minimum atomic E-state index is 0.657. The summed E-state index contributed by atoms with van der Waals surface area (Å²) in [6.45, 7) is 7.04. The van der Waals surface area contributed by atoms with Crippen molar-refractivity contribution in [3.63, 3.8) is 0 Å². The van der Waals surface area contributed by atoms with Gasteiger partial charge in [-0.2, -0.15) is 0 Å². The first-order chi connectivity index (χ1) is 9.78. The van der Waals surface area contributed by atoms with Crippen LogP contribution in [0.5, 0.6) is 5.75 Å². The maximum absolute atomic E-state index is 8.64. The van der Waals surface area contributed by atoms with Crippen molar-refractivity contribution in [2.45, 2.75) is 13.3 Å². The van der Waals surface area contributed by atoms with E-state index in [1.165, 1.54) is 0 Å². The van der Waals surface area contributed by atoms with Crippen molar-refractivity contribution < 1.29 is 14.7 Å². The molecule has 1 heterocycles. The zero-order chi connectivity index (χ0) is 14.2. The molecule has 0 bridgehead atoms. The van der Waals surface area contributed by atoms with Crippen LogP contribution in [0.1, 0.15) is 12.5 Å². The number of morpholine rings is 1. The molecular weight excluding hydrogens is 256 g/mol. The zero-order valence-electron chi connectivity index (χ0n) is 11.9. The molecule has 0 atom stereocenters. The largest absolute Gasteiger partial charge is 0.492 e. The average Bonchev–Trinajstić information content (AvgIpc) is 2.50. The predicted molar refractivity (Wildman–Crippen MR) is 77.8 cm³/mol. The van der Waals surface area contributed by atoms with Gasteiger partial charge in [-0.25, -0.2) is 0 Å². The molecule has 1 N–H and O–H groups in total. The maximum atomic E-state index is 8.64. The lowest BCUT2D eigenvalue weighted by Gasteiger charge is -2.26. The summed E-state index contributed by atoms with van der Waals surface area (Å²) in [6, 6.07) is 7.91. The minimum absolute atomic E-state index is 0.657. The van der Waals surface area contributed by atoms with E-state index in [4.69, 9.17) is 14.7 Å². The second kappa shape index (κ2) is 7.87. The Hall–Kier alpha value is -1.59. The zero-order valence-corrected chi connectivity index (χ0v) is 11.9. The smallest absolute Gasteiger partial charge is 0.119 e. The Morgan fingerprint density at radius 1 is 1.30 bits per heavy atom. The van der Waals surface area contributed by atoms with Crippen molar-refractivity contribution in [1.29, 1.82) is 0 Å². The van der Waals surface area contributed by atoms with Crippen LogP contribution in [0.15, 0.2) is 29.4 Å². The van der Waals surface area contributed by atoms with Crippen LogP contribution in [0.2, 0.25) is 0 Å². The minimum Gasteiger partial charge on any atom is -0.492 e. The molecule has 0 spiro atoms. The first-order valence-corrected chi connectivity index (χ1v) is 6.97. The second-order valence-electron chi connectivity index (χ2n) is 4.96. The Labute approximate surface area is 119 Å². The van der Waals surface area contributed by atoms with Gasteiger partial charge in [0.15, 0.2) is 0 Å². The van der Waals surface area contributed by atoms with Crippen molar-refractivity contribution in [1.82, 2.24) is 4.90 Å². The van der Waals surface area contributed by atoms with Crippen molar-refractivity contribution in [2.75, 3.05) is 39.5 Å². The van der Waals surface area contributed by atoms with Crippen LogP contribution in [0.3, 0.4) is 0 Å². The van der Waals surface area contributed by atoms with Crippen molar-refractivity contribution in [3.05, 3.63) is 29.8 Å². The summed E-state index contributed by atoms with van der Waals surface area (Å²) in [7, 11) is 0. The highest BCUT2D eigenvalue weighted by Gasteiger charge is 2.09. The van der Waals surface area contributed by atoms with Gasteiger partial charge in [0.05, 0.1) is 18.9 Å². The van der Waals surface area contributed by atoms with Crippen molar-refractivity contribution in [3.8, 4) is 5.75 Å². The van der Waals surface area contributed by atoms with Crippen LogP contribution in [0.4, 0.5) is 0 Å². The number of nitrogens with zero attached hydrogens (tertiary/aromatic N) is 2. The van der Waals surface area contributed by atoms with E-state index in [2.05, 4.69) is 10.1 Å². The van der Waals surface area contributed by atoms with Crippen molar-refractivity contribution >= 4 is 5.71 Å². The molecule has 1 aliphatic heterocycles. The lowest BCUT2D eigenvalue weighted by molar-refractivity contribution is 0.0322. The van der Waals surface area contributed by atoms with Crippen LogP contribution >= 0.6 is 0 Å². The molecule has 1 fully saturated rings. The van der Waals surface area contributed by atoms with Crippen LogP contribution in [0.25, 0.3) is 0 Å². The molecule has 0 unspecified atom stereocenters. The summed E-state index contributed by atoms with van der Waals surface area (Å²) >= 11 is 0. The van der Waals surface area contributed by atoms with Gasteiger partial charge in [0.2, 0.25) is 0 Å². The van der Waals surface area contributed by atoms with Crippen LogP contribution < -0.4 is 4.74 Å². The number of rotatable bonds is 6. The summed E-state index contributed by atoms with van der Waals surface area (Å²) < 4.78 is 11.0. The normalized spacial score (nSPS) is 17.1. The summed E-state index contributed by atoms with van der Waals surface area (Å²) in [6.07, 6.45) is 0.657. The van der Waals surface area contributed by atoms with Crippen molar-refractivity contribution in [2.24, 2.45) is 5.16 Å². The van der Waals surface area contributed by atoms with Crippen LogP contribution in [0, 0.1) is 0 Å². The standard InChI is InChI=1S/C15H22N2O3/c1-13(16-18)12-14-2-4-15(5-3-14)20-11-8-17-6-9-19-10-7-17/h2-5,18H,6-12H2,1H3/b16-13-. The van der Waals surface area contributed by atoms with E-state index in [-0.39, 0.29) is 0 Å². The quantitative estimate of drug-likeness (QED) is 0.490. The van der Waals surface area contributed by atoms with Crippen LogP contribution in [-0.2, 0) is 11.2 Å². The van der Waals surface area contributed by atoms with E-state index in [0.29, 0.717) is 18.7 Å². The Morgan fingerprint density at radius 3 is 2.65 bits per heavy atom. The Morgan fingerprint density at radius 2 is 2.00 bits per heavy atom. The van der Waals surface area contributed by atoms with Gasteiger partial charge in [-0.05, 0) is 24.6 Å². The first kappa shape index (κ1) is 14.8.